The van der Waals surface area contributed by atoms with Crippen molar-refractivity contribution in [1.82, 2.24) is 0 Å². The summed E-state index contributed by atoms with van der Waals surface area (Å²) in [5.41, 5.74) is 6.36. The molecule has 0 aliphatic carbocycles. The number of rotatable bonds is 5. The standard InChI is InChI=1S/C11H15NO5/c12-3-7-1-10-11(17-6-16-10)2-9(7)15-5-8(14)4-13/h1-2,8,13-14H,3-6,12H2. The van der Waals surface area contributed by atoms with Crippen molar-refractivity contribution >= 4 is 0 Å². The number of aliphatic hydroxyl groups excluding tert-OH is 2. The molecular formula is C11H15NO5. The molecule has 1 aromatic carbocycles. The second-order valence-electron chi connectivity index (χ2n) is 3.66. The number of benzene rings is 1. The molecule has 0 aromatic heterocycles. The summed E-state index contributed by atoms with van der Waals surface area (Å²) < 4.78 is 15.8. The number of hydrogen-bond acceptors (Lipinski definition) is 6. The molecule has 0 saturated carbocycles. The molecule has 4 N–H and O–H groups in total. The van der Waals surface area contributed by atoms with Gasteiger partial charge in [0.2, 0.25) is 6.79 Å². The van der Waals surface area contributed by atoms with E-state index in [0.717, 1.165) is 5.56 Å². The first-order valence-corrected chi connectivity index (χ1v) is 5.29. The summed E-state index contributed by atoms with van der Waals surface area (Å²) in [7, 11) is 0. The van der Waals surface area contributed by atoms with Gasteiger partial charge < -0.3 is 30.2 Å². The first kappa shape index (κ1) is 12.0. The molecule has 6 heteroatoms. The first-order valence-electron chi connectivity index (χ1n) is 5.29. The van der Waals surface area contributed by atoms with Crippen molar-refractivity contribution < 1.29 is 24.4 Å². The molecule has 94 valence electrons. The summed E-state index contributed by atoms with van der Waals surface area (Å²) in [6, 6.07) is 3.43. The smallest absolute Gasteiger partial charge is 0.231 e. The van der Waals surface area contributed by atoms with Gasteiger partial charge in [-0.15, -0.1) is 0 Å². The van der Waals surface area contributed by atoms with Gasteiger partial charge in [0.1, 0.15) is 18.5 Å². The van der Waals surface area contributed by atoms with E-state index in [2.05, 4.69) is 0 Å². The zero-order chi connectivity index (χ0) is 12.3. The van der Waals surface area contributed by atoms with Crippen molar-refractivity contribution in [2.45, 2.75) is 12.6 Å². The molecule has 0 amide bonds. The van der Waals surface area contributed by atoms with Gasteiger partial charge in [0.05, 0.1) is 6.61 Å². The van der Waals surface area contributed by atoms with Crippen molar-refractivity contribution in [3.8, 4) is 17.2 Å². The van der Waals surface area contributed by atoms with Crippen LogP contribution < -0.4 is 19.9 Å². The molecule has 1 aromatic rings. The predicted octanol–water partition coefficient (Wildman–Crippen LogP) is -0.394. The number of hydrogen-bond donors (Lipinski definition) is 3. The third-order valence-corrected chi connectivity index (χ3v) is 2.42. The normalized spacial score (nSPS) is 14.8. The minimum absolute atomic E-state index is 0.00312. The van der Waals surface area contributed by atoms with Crippen molar-refractivity contribution in [1.29, 1.82) is 0 Å². The van der Waals surface area contributed by atoms with Gasteiger partial charge in [-0.1, -0.05) is 0 Å². The minimum atomic E-state index is -0.911. The van der Waals surface area contributed by atoms with Crippen LogP contribution in [0.3, 0.4) is 0 Å². The molecule has 1 aliphatic heterocycles. The van der Waals surface area contributed by atoms with Crippen LogP contribution >= 0.6 is 0 Å². The summed E-state index contributed by atoms with van der Waals surface area (Å²) in [6.07, 6.45) is -0.911. The minimum Gasteiger partial charge on any atom is -0.490 e. The second-order valence-corrected chi connectivity index (χ2v) is 3.66. The van der Waals surface area contributed by atoms with Gasteiger partial charge >= 0.3 is 0 Å². The highest BCUT2D eigenvalue weighted by Gasteiger charge is 2.18. The van der Waals surface area contributed by atoms with E-state index < -0.39 is 6.10 Å². The maximum absolute atomic E-state index is 9.21. The van der Waals surface area contributed by atoms with Crippen molar-refractivity contribution in [3.63, 3.8) is 0 Å². The summed E-state index contributed by atoms with van der Waals surface area (Å²) in [6.45, 7) is 0.134. The van der Waals surface area contributed by atoms with Crippen LogP contribution in [0.25, 0.3) is 0 Å². The molecule has 0 fully saturated rings. The summed E-state index contributed by atoms with van der Waals surface area (Å²) in [4.78, 5) is 0. The van der Waals surface area contributed by atoms with Crippen LogP contribution in [0.5, 0.6) is 17.2 Å². The van der Waals surface area contributed by atoms with E-state index in [1.54, 1.807) is 12.1 Å². The lowest BCUT2D eigenvalue weighted by Gasteiger charge is -2.13. The molecule has 0 spiro atoms. The second kappa shape index (κ2) is 5.22. The van der Waals surface area contributed by atoms with Crippen molar-refractivity contribution in [2.24, 2.45) is 5.73 Å². The number of fused-ring (bicyclic) bond motifs is 1. The Morgan fingerprint density at radius 2 is 2.06 bits per heavy atom. The van der Waals surface area contributed by atoms with E-state index in [-0.39, 0.29) is 20.0 Å². The average Bonchev–Trinajstić information content (AvgIpc) is 2.81. The van der Waals surface area contributed by atoms with Crippen molar-refractivity contribution in [2.75, 3.05) is 20.0 Å². The molecule has 2 rings (SSSR count). The van der Waals surface area contributed by atoms with Crippen LogP contribution in [0.4, 0.5) is 0 Å². The van der Waals surface area contributed by atoms with Crippen LogP contribution in [0.1, 0.15) is 5.56 Å². The Labute approximate surface area is 98.5 Å². The molecule has 0 saturated heterocycles. The monoisotopic (exact) mass is 241 g/mol. The molecular weight excluding hydrogens is 226 g/mol. The highest BCUT2D eigenvalue weighted by molar-refractivity contribution is 5.51. The van der Waals surface area contributed by atoms with E-state index in [4.69, 9.17) is 25.1 Å². The van der Waals surface area contributed by atoms with Crippen LogP contribution in [0.15, 0.2) is 12.1 Å². The zero-order valence-electron chi connectivity index (χ0n) is 9.26. The fraction of sp³-hybridized carbons (Fsp3) is 0.455. The maximum atomic E-state index is 9.21. The molecule has 1 aliphatic rings. The molecule has 0 bridgehead atoms. The maximum Gasteiger partial charge on any atom is 0.231 e. The molecule has 17 heavy (non-hydrogen) atoms. The number of aliphatic hydroxyl groups is 2. The van der Waals surface area contributed by atoms with Gasteiger partial charge in [0, 0.05) is 18.2 Å². The highest BCUT2D eigenvalue weighted by Crippen LogP contribution is 2.38. The topological polar surface area (TPSA) is 94.2 Å². The van der Waals surface area contributed by atoms with Gasteiger partial charge in [-0.3, -0.25) is 0 Å². The molecule has 0 radical (unpaired) electrons. The molecule has 6 nitrogen and oxygen atoms in total. The summed E-state index contributed by atoms with van der Waals surface area (Å²) in [5.74, 6) is 1.76. The highest BCUT2D eigenvalue weighted by atomic mass is 16.7. The lowest BCUT2D eigenvalue weighted by atomic mass is 10.2. The Balaban J connectivity index is 2.15. The van der Waals surface area contributed by atoms with Gasteiger partial charge in [-0.25, -0.2) is 0 Å². The Morgan fingerprint density at radius 3 is 2.71 bits per heavy atom. The Morgan fingerprint density at radius 1 is 1.35 bits per heavy atom. The third kappa shape index (κ3) is 2.60. The lowest BCUT2D eigenvalue weighted by molar-refractivity contribution is 0.0532. The quantitative estimate of drug-likeness (QED) is 0.649. The van der Waals surface area contributed by atoms with Gasteiger partial charge in [0.15, 0.2) is 11.5 Å². The van der Waals surface area contributed by atoms with Crippen LogP contribution in [0.2, 0.25) is 0 Å². The van der Waals surface area contributed by atoms with E-state index >= 15 is 0 Å². The van der Waals surface area contributed by atoms with E-state index in [1.807, 2.05) is 0 Å². The lowest BCUT2D eigenvalue weighted by Crippen LogP contribution is -2.21. The summed E-state index contributed by atoms with van der Waals surface area (Å²) >= 11 is 0. The molecule has 1 atom stereocenters. The number of ether oxygens (including phenoxy) is 3. The van der Waals surface area contributed by atoms with Crippen LogP contribution in [-0.2, 0) is 6.54 Å². The molecule has 1 heterocycles. The average molecular weight is 241 g/mol. The Bertz CT molecular complexity index is 396. The van der Waals surface area contributed by atoms with Gasteiger partial charge in [0.25, 0.3) is 0 Å². The Kier molecular flexibility index (Phi) is 3.68. The van der Waals surface area contributed by atoms with Crippen LogP contribution in [0, 0.1) is 0 Å². The number of nitrogens with two attached hydrogens (primary N) is 1. The summed E-state index contributed by atoms with van der Waals surface area (Å²) in [5, 5.41) is 17.9. The van der Waals surface area contributed by atoms with E-state index in [1.165, 1.54) is 0 Å². The van der Waals surface area contributed by atoms with Gasteiger partial charge in [-0.05, 0) is 6.07 Å². The first-order chi connectivity index (χ1) is 8.24. The van der Waals surface area contributed by atoms with E-state index in [0.29, 0.717) is 23.8 Å². The van der Waals surface area contributed by atoms with Crippen molar-refractivity contribution in [3.05, 3.63) is 17.7 Å². The fourth-order valence-corrected chi connectivity index (χ4v) is 1.50. The fourth-order valence-electron chi connectivity index (χ4n) is 1.50. The predicted molar refractivity (Wildman–Crippen MR) is 59.0 cm³/mol. The SMILES string of the molecule is NCc1cc2c(cc1OCC(O)CO)OCO2. The van der Waals surface area contributed by atoms with Gasteiger partial charge in [-0.2, -0.15) is 0 Å². The largest absolute Gasteiger partial charge is 0.490 e. The Hall–Kier alpha value is -1.50. The third-order valence-electron chi connectivity index (χ3n) is 2.42. The molecule has 1 unspecified atom stereocenters. The zero-order valence-corrected chi connectivity index (χ0v) is 9.26. The van der Waals surface area contributed by atoms with Crippen LogP contribution in [-0.4, -0.2) is 36.3 Å². The van der Waals surface area contributed by atoms with E-state index in [9.17, 15) is 5.11 Å².